The minimum absolute atomic E-state index is 0.0121. The number of ether oxygens (including phenoxy) is 1. The normalized spacial score (nSPS) is 13.3. The molecular formula is C17H24N4O4S. The Bertz CT molecular complexity index is 771. The summed E-state index contributed by atoms with van der Waals surface area (Å²) in [5.41, 5.74) is 0.860. The Balaban J connectivity index is 2.00. The number of carbonyl (C=O) groups is 2. The number of nitrogens with zero attached hydrogens (tertiary/aromatic N) is 3. The lowest BCUT2D eigenvalue weighted by Crippen LogP contribution is -2.46. The molecule has 0 spiro atoms. The van der Waals surface area contributed by atoms with Crippen LogP contribution in [0.25, 0.3) is 11.4 Å². The van der Waals surface area contributed by atoms with Gasteiger partial charge in [0, 0.05) is 7.05 Å². The fourth-order valence-corrected chi connectivity index (χ4v) is 3.16. The van der Waals surface area contributed by atoms with E-state index in [1.54, 1.807) is 6.26 Å². The van der Waals surface area contributed by atoms with Crippen LogP contribution in [0.3, 0.4) is 0 Å². The number of nitrogens with one attached hydrogen (secondary N) is 1. The van der Waals surface area contributed by atoms with Gasteiger partial charge in [-0.05, 0) is 18.9 Å². The quantitative estimate of drug-likeness (QED) is 0.553. The van der Waals surface area contributed by atoms with Crippen LogP contribution in [-0.4, -0.2) is 45.5 Å². The maximum atomic E-state index is 12.3. The third-order valence-electron chi connectivity index (χ3n) is 4.25. The van der Waals surface area contributed by atoms with Crippen molar-refractivity contribution in [2.45, 2.75) is 38.4 Å². The highest BCUT2D eigenvalue weighted by atomic mass is 32.2. The van der Waals surface area contributed by atoms with Crippen LogP contribution in [0.1, 0.15) is 26.0 Å². The molecule has 2 aromatic heterocycles. The monoisotopic (exact) mass is 380 g/mol. The van der Waals surface area contributed by atoms with Gasteiger partial charge in [0.2, 0.25) is 5.91 Å². The zero-order valence-corrected chi connectivity index (χ0v) is 16.4. The highest BCUT2D eigenvalue weighted by molar-refractivity contribution is 7.99. The first kappa shape index (κ1) is 20.0. The number of aromatic nitrogens is 3. The first-order valence-electron chi connectivity index (χ1n) is 8.32. The van der Waals surface area contributed by atoms with Gasteiger partial charge in [0.15, 0.2) is 11.0 Å². The van der Waals surface area contributed by atoms with E-state index in [0.717, 1.165) is 17.7 Å². The van der Waals surface area contributed by atoms with Crippen molar-refractivity contribution in [3.05, 3.63) is 18.1 Å². The molecule has 2 unspecified atom stereocenters. The maximum Gasteiger partial charge on any atom is 0.328 e. The minimum Gasteiger partial charge on any atom is -0.469 e. The Hall–Kier alpha value is -2.29. The van der Waals surface area contributed by atoms with E-state index in [9.17, 15) is 9.59 Å². The van der Waals surface area contributed by atoms with Crippen LogP contribution < -0.4 is 5.32 Å². The summed E-state index contributed by atoms with van der Waals surface area (Å²) < 4.78 is 11.9. The van der Waals surface area contributed by atoms with E-state index in [0.29, 0.717) is 11.0 Å². The second-order valence-electron chi connectivity index (χ2n) is 6.00. The van der Waals surface area contributed by atoms with Crippen molar-refractivity contribution in [2.24, 2.45) is 13.0 Å². The van der Waals surface area contributed by atoms with Crippen LogP contribution in [0.4, 0.5) is 0 Å². The van der Waals surface area contributed by atoms with E-state index in [-0.39, 0.29) is 17.6 Å². The third-order valence-corrected chi connectivity index (χ3v) is 5.27. The largest absolute Gasteiger partial charge is 0.469 e. The molecular weight excluding hydrogens is 356 g/mol. The van der Waals surface area contributed by atoms with Crippen molar-refractivity contribution in [3.8, 4) is 11.4 Å². The first-order valence-corrected chi connectivity index (χ1v) is 9.31. The third kappa shape index (κ3) is 4.46. The number of thioether (sulfide) groups is 1. The second-order valence-corrected chi connectivity index (χ2v) is 6.94. The fourth-order valence-electron chi connectivity index (χ4n) is 2.43. The predicted octanol–water partition coefficient (Wildman–Crippen LogP) is 2.18. The van der Waals surface area contributed by atoms with Crippen LogP contribution in [0, 0.1) is 12.8 Å². The van der Waals surface area contributed by atoms with E-state index in [1.807, 2.05) is 38.5 Å². The molecule has 0 saturated carbocycles. The minimum atomic E-state index is -0.651. The Morgan fingerprint density at radius 1 is 1.42 bits per heavy atom. The summed E-state index contributed by atoms with van der Waals surface area (Å²) in [5, 5.41) is 11.6. The molecule has 1 amide bonds. The van der Waals surface area contributed by atoms with E-state index in [1.165, 1.54) is 18.9 Å². The van der Waals surface area contributed by atoms with Crippen molar-refractivity contribution in [1.82, 2.24) is 20.1 Å². The summed E-state index contributed by atoms with van der Waals surface area (Å²) in [5.74, 6) is 0.849. The lowest BCUT2D eigenvalue weighted by Gasteiger charge is -2.21. The molecule has 0 aromatic carbocycles. The van der Waals surface area contributed by atoms with Gasteiger partial charge >= 0.3 is 5.97 Å². The predicted molar refractivity (Wildman–Crippen MR) is 97.6 cm³/mol. The standard InChI is InChI=1S/C17H24N4O4S/c1-6-10(2)14(16(23)24-5)18-13(22)9-26-17-20-19-15(21(17)4)12-7-8-25-11(12)3/h7-8,10,14H,6,9H2,1-5H3,(H,18,22). The topological polar surface area (TPSA) is 99.3 Å². The van der Waals surface area contributed by atoms with Crippen LogP contribution in [0.2, 0.25) is 0 Å². The summed E-state index contributed by atoms with van der Waals surface area (Å²) in [6, 6.07) is 1.18. The van der Waals surface area contributed by atoms with Crippen molar-refractivity contribution >= 4 is 23.6 Å². The van der Waals surface area contributed by atoms with Gasteiger partial charge in [-0.2, -0.15) is 0 Å². The van der Waals surface area contributed by atoms with Crippen molar-refractivity contribution < 1.29 is 18.7 Å². The number of aryl methyl sites for hydroxylation is 1. The van der Waals surface area contributed by atoms with Crippen molar-refractivity contribution in [3.63, 3.8) is 0 Å². The molecule has 0 radical (unpaired) electrons. The number of furan rings is 1. The van der Waals surface area contributed by atoms with E-state index >= 15 is 0 Å². The summed E-state index contributed by atoms with van der Waals surface area (Å²) in [6.07, 6.45) is 2.35. The molecule has 26 heavy (non-hydrogen) atoms. The molecule has 1 N–H and O–H groups in total. The molecule has 0 bridgehead atoms. The number of esters is 1. The number of rotatable bonds is 8. The van der Waals surface area contributed by atoms with E-state index < -0.39 is 12.0 Å². The highest BCUT2D eigenvalue weighted by Gasteiger charge is 2.26. The van der Waals surface area contributed by atoms with Gasteiger partial charge in [-0.25, -0.2) is 4.79 Å². The van der Waals surface area contributed by atoms with E-state index in [2.05, 4.69) is 15.5 Å². The number of hydrogen-bond acceptors (Lipinski definition) is 7. The Morgan fingerprint density at radius 2 is 2.15 bits per heavy atom. The number of amides is 1. The zero-order valence-electron chi connectivity index (χ0n) is 15.6. The molecule has 2 aromatic rings. The summed E-state index contributed by atoms with van der Waals surface area (Å²) in [6.45, 7) is 5.71. The molecule has 8 nitrogen and oxygen atoms in total. The lowest BCUT2D eigenvalue weighted by molar-refractivity contribution is -0.146. The fraction of sp³-hybridized carbons (Fsp3) is 0.529. The van der Waals surface area contributed by atoms with Crippen LogP contribution in [0.5, 0.6) is 0 Å². The lowest BCUT2D eigenvalue weighted by atomic mass is 9.99. The molecule has 2 heterocycles. The Labute approximate surface area is 156 Å². The smallest absolute Gasteiger partial charge is 0.328 e. The molecule has 142 valence electrons. The average molecular weight is 380 g/mol. The van der Waals surface area contributed by atoms with Gasteiger partial charge in [-0.3, -0.25) is 4.79 Å². The second kappa shape index (κ2) is 8.88. The first-order chi connectivity index (χ1) is 12.4. The SMILES string of the molecule is CCC(C)C(NC(=O)CSc1nnc(-c2ccoc2C)n1C)C(=O)OC. The molecule has 9 heteroatoms. The number of methoxy groups -OCH3 is 1. The molecule has 2 atom stereocenters. The summed E-state index contributed by atoms with van der Waals surface area (Å²) in [4.78, 5) is 24.1. The van der Waals surface area contributed by atoms with Gasteiger partial charge in [-0.1, -0.05) is 32.0 Å². The number of carbonyl (C=O) groups excluding carboxylic acids is 2. The van der Waals surface area contributed by atoms with Crippen molar-refractivity contribution in [1.29, 1.82) is 0 Å². The molecule has 0 aliphatic rings. The Morgan fingerprint density at radius 3 is 2.73 bits per heavy atom. The summed E-state index contributed by atoms with van der Waals surface area (Å²) in [7, 11) is 3.15. The molecule has 2 rings (SSSR count). The number of hydrogen-bond donors (Lipinski definition) is 1. The maximum absolute atomic E-state index is 12.3. The van der Waals surface area contributed by atoms with E-state index in [4.69, 9.17) is 9.15 Å². The zero-order chi connectivity index (χ0) is 19.3. The van der Waals surface area contributed by atoms with Gasteiger partial charge in [0.05, 0.1) is 24.7 Å². The van der Waals surface area contributed by atoms with Crippen LogP contribution >= 0.6 is 11.8 Å². The van der Waals surface area contributed by atoms with Gasteiger partial charge in [0.25, 0.3) is 0 Å². The Kier molecular flexibility index (Phi) is 6.84. The molecule has 0 aliphatic heterocycles. The van der Waals surface area contributed by atoms with Crippen LogP contribution in [0.15, 0.2) is 21.9 Å². The van der Waals surface area contributed by atoms with Gasteiger partial charge in [0.1, 0.15) is 11.8 Å². The summed E-state index contributed by atoms with van der Waals surface area (Å²) >= 11 is 1.25. The van der Waals surface area contributed by atoms with Gasteiger partial charge < -0.3 is 19.0 Å². The highest BCUT2D eigenvalue weighted by Crippen LogP contribution is 2.25. The molecule has 0 aliphatic carbocycles. The van der Waals surface area contributed by atoms with Crippen molar-refractivity contribution in [2.75, 3.05) is 12.9 Å². The molecule has 0 saturated heterocycles. The molecule has 0 fully saturated rings. The van der Waals surface area contributed by atoms with Gasteiger partial charge in [-0.15, -0.1) is 10.2 Å². The average Bonchev–Trinajstić information content (AvgIpc) is 3.21. The van der Waals surface area contributed by atoms with Crippen LogP contribution in [-0.2, 0) is 21.4 Å².